The predicted octanol–water partition coefficient (Wildman–Crippen LogP) is 4.85. The van der Waals surface area contributed by atoms with Crippen LogP contribution in [-0.2, 0) is 10.2 Å². The molecule has 3 heteroatoms. The molecule has 0 aromatic heterocycles. The molecule has 1 N–H and O–H groups in total. The average Bonchev–Trinajstić information content (AvgIpc) is 3.33. The number of allylic oxidation sites excluding steroid dienone is 3. The normalized spacial score (nSPS) is 22.4. The van der Waals surface area contributed by atoms with E-state index in [4.69, 9.17) is 5.11 Å². The summed E-state index contributed by atoms with van der Waals surface area (Å²) < 4.78 is 0. The van der Waals surface area contributed by atoms with E-state index in [9.17, 15) is 4.79 Å². The van der Waals surface area contributed by atoms with Crippen molar-refractivity contribution in [3.8, 4) is 0 Å². The van der Waals surface area contributed by atoms with Crippen LogP contribution in [0.15, 0.2) is 42.1 Å². The molecule has 0 amide bonds. The largest absolute Gasteiger partial charge is 0.400 e. The molecule has 1 atom stereocenters. The number of aliphatic hydroxyl groups is 1. The molecule has 3 rings (SSSR count). The van der Waals surface area contributed by atoms with Crippen molar-refractivity contribution in [3.05, 3.63) is 58.8 Å². The minimum atomic E-state index is -0.429. The minimum absolute atomic E-state index is 0.273. The molecule has 0 saturated heterocycles. The third kappa shape index (κ3) is 3.89. The van der Waals surface area contributed by atoms with Gasteiger partial charge >= 0.3 is 0 Å². The summed E-state index contributed by atoms with van der Waals surface area (Å²) in [5.74, 6) is 0.273. The summed E-state index contributed by atoms with van der Waals surface area (Å²) in [5, 5.41) is 7.00. The predicted molar refractivity (Wildman–Crippen MR) is 113 cm³/mol. The summed E-state index contributed by atoms with van der Waals surface area (Å²) in [7, 11) is 3.22. The molecule has 27 heavy (non-hydrogen) atoms. The zero-order valence-corrected chi connectivity index (χ0v) is 17.6. The number of ketones is 1. The van der Waals surface area contributed by atoms with E-state index in [1.807, 2.05) is 6.08 Å². The number of carbonyl (C=O) groups excluding carboxylic acids is 1. The monoisotopic (exact) mass is 369 g/mol. The Hall–Kier alpha value is -1.87. The first-order chi connectivity index (χ1) is 12.9. The Morgan fingerprint density at radius 1 is 1.22 bits per heavy atom. The Balaban J connectivity index is 0.00000126. The molecule has 3 nitrogen and oxygen atoms in total. The van der Waals surface area contributed by atoms with E-state index in [-0.39, 0.29) is 5.78 Å². The standard InChI is InChI=1S/C23H31NO.CH4O/c1-6-19-14-23(18(4)25,21-13-9-10-16(2)17(21)3)15-22(19)24(5)20-11-7-8-12-20;1-2/h6,9-10,13,20H,1,7-8,11-12,14-15H2,2-5H3;2H,1H3/t23-;/m1./s1. The molecule has 2 aliphatic carbocycles. The van der Waals surface area contributed by atoms with Gasteiger partial charge in [0.2, 0.25) is 0 Å². The molecule has 0 spiro atoms. The summed E-state index contributed by atoms with van der Waals surface area (Å²) in [6, 6.07) is 7.00. The Labute approximate surface area is 164 Å². The van der Waals surface area contributed by atoms with Crippen molar-refractivity contribution in [1.82, 2.24) is 4.90 Å². The summed E-state index contributed by atoms with van der Waals surface area (Å²) >= 11 is 0. The third-order valence-electron chi connectivity index (χ3n) is 6.67. The van der Waals surface area contributed by atoms with Crippen LogP contribution in [0, 0.1) is 13.8 Å². The molecule has 0 bridgehead atoms. The number of nitrogens with zero attached hydrogens (tertiary/aromatic N) is 1. The first-order valence-corrected chi connectivity index (χ1v) is 10.0. The lowest BCUT2D eigenvalue weighted by Crippen LogP contribution is -2.35. The van der Waals surface area contributed by atoms with E-state index in [0.29, 0.717) is 6.04 Å². The second-order valence-electron chi connectivity index (χ2n) is 7.96. The van der Waals surface area contributed by atoms with Gasteiger partial charge in [0.05, 0.1) is 5.41 Å². The first kappa shape index (κ1) is 21.4. The number of hydrogen-bond donors (Lipinski definition) is 1. The number of aliphatic hydroxyl groups excluding tert-OH is 1. The second-order valence-corrected chi connectivity index (χ2v) is 7.96. The molecular weight excluding hydrogens is 334 g/mol. The Morgan fingerprint density at radius 3 is 2.41 bits per heavy atom. The van der Waals surface area contributed by atoms with Crippen LogP contribution in [0.2, 0.25) is 0 Å². The molecule has 1 aromatic rings. The SMILES string of the molecule is C=CC1=C(N(C)C2CCCC2)C[C@](C(C)=O)(c2cccc(C)c2C)C1.CO. The molecule has 1 aromatic carbocycles. The average molecular weight is 370 g/mol. The lowest BCUT2D eigenvalue weighted by atomic mass is 9.72. The van der Waals surface area contributed by atoms with E-state index >= 15 is 0 Å². The van der Waals surface area contributed by atoms with Gasteiger partial charge in [-0.05, 0) is 62.3 Å². The zero-order chi connectivity index (χ0) is 20.2. The Bertz CT molecular complexity index is 728. The highest BCUT2D eigenvalue weighted by molar-refractivity contribution is 5.90. The van der Waals surface area contributed by atoms with Crippen molar-refractivity contribution in [2.45, 2.75) is 70.8 Å². The topological polar surface area (TPSA) is 40.5 Å². The minimum Gasteiger partial charge on any atom is -0.400 e. The van der Waals surface area contributed by atoms with Gasteiger partial charge in [0.25, 0.3) is 0 Å². The van der Waals surface area contributed by atoms with Gasteiger partial charge in [-0.3, -0.25) is 4.79 Å². The van der Waals surface area contributed by atoms with Crippen LogP contribution in [-0.4, -0.2) is 36.0 Å². The van der Waals surface area contributed by atoms with E-state index in [0.717, 1.165) is 20.0 Å². The van der Waals surface area contributed by atoms with Crippen LogP contribution >= 0.6 is 0 Å². The molecule has 1 saturated carbocycles. The molecule has 1 fully saturated rings. The summed E-state index contributed by atoms with van der Waals surface area (Å²) in [6.07, 6.45) is 8.74. The lowest BCUT2D eigenvalue weighted by Gasteiger charge is -2.33. The van der Waals surface area contributed by atoms with Crippen molar-refractivity contribution in [1.29, 1.82) is 0 Å². The fraction of sp³-hybridized carbons (Fsp3) is 0.542. The number of benzene rings is 1. The molecule has 0 aliphatic heterocycles. The van der Waals surface area contributed by atoms with Crippen LogP contribution in [0.5, 0.6) is 0 Å². The molecule has 0 radical (unpaired) electrons. The quantitative estimate of drug-likeness (QED) is 0.807. The van der Waals surface area contributed by atoms with Crippen molar-refractivity contribution >= 4 is 5.78 Å². The van der Waals surface area contributed by atoms with E-state index in [2.05, 4.69) is 50.6 Å². The number of rotatable bonds is 5. The smallest absolute Gasteiger partial charge is 0.141 e. The van der Waals surface area contributed by atoms with E-state index in [1.54, 1.807) is 6.92 Å². The summed E-state index contributed by atoms with van der Waals surface area (Å²) in [4.78, 5) is 15.4. The molecule has 148 valence electrons. The van der Waals surface area contributed by atoms with Gasteiger partial charge in [0, 0.05) is 32.3 Å². The van der Waals surface area contributed by atoms with Crippen LogP contribution in [0.1, 0.15) is 62.1 Å². The second kappa shape index (κ2) is 8.88. The van der Waals surface area contributed by atoms with Gasteiger partial charge in [-0.25, -0.2) is 0 Å². The van der Waals surface area contributed by atoms with Crippen LogP contribution < -0.4 is 0 Å². The van der Waals surface area contributed by atoms with Gasteiger partial charge in [-0.1, -0.05) is 43.7 Å². The van der Waals surface area contributed by atoms with Crippen LogP contribution in [0.4, 0.5) is 0 Å². The van der Waals surface area contributed by atoms with E-state index in [1.165, 1.54) is 53.6 Å². The van der Waals surface area contributed by atoms with Gasteiger partial charge in [0.1, 0.15) is 5.78 Å². The Morgan fingerprint density at radius 2 is 1.85 bits per heavy atom. The van der Waals surface area contributed by atoms with Crippen molar-refractivity contribution < 1.29 is 9.90 Å². The van der Waals surface area contributed by atoms with Gasteiger partial charge in [-0.15, -0.1) is 0 Å². The van der Waals surface area contributed by atoms with Gasteiger partial charge < -0.3 is 10.0 Å². The third-order valence-corrected chi connectivity index (χ3v) is 6.67. The summed E-state index contributed by atoms with van der Waals surface area (Å²) in [6.45, 7) is 10.1. The maximum Gasteiger partial charge on any atom is 0.141 e. The van der Waals surface area contributed by atoms with Crippen molar-refractivity contribution in [3.63, 3.8) is 0 Å². The van der Waals surface area contributed by atoms with Crippen LogP contribution in [0.3, 0.4) is 0 Å². The van der Waals surface area contributed by atoms with Crippen LogP contribution in [0.25, 0.3) is 0 Å². The molecule has 2 aliphatic rings. The molecule has 0 heterocycles. The zero-order valence-electron chi connectivity index (χ0n) is 17.6. The van der Waals surface area contributed by atoms with Crippen molar-refractivity contribution in [2.24, 2.45) is 0 Å². The maximum atomic E-state index is 12.9. The highest BCUT2D eigenvalue weighted by Gasteiger charge is 2.46. The number of Topliss-reactive ketones (excluding diaryl/α,β-unsaturated/α-hetero) is 1. The van der Waals surface area contributed by atoms with Gasteiger partial charge in [-0.2, -0.15) is 0 Å². The molecular formula is C24H35NO2. The number of hydrogen-bond acceptors (Lipinski definition) is 3. The fourth-order valence-electron chi connectivity index (χ4n) is 4.84. The highest BCUT2D eigenvalue weighted by atomic mass is 16.2. The maximum absolute atomic E-state index is 12.9. The lowest BCUT2D eigenvalue weighted by molar-refractivity contribution is -0.122. The van der Waals surface area contributed by atoms with Crippen molar-refractivity contribution in [2.75, 3.05) is 14.2 Å². The highest BCUT2D eigenvalue weighted by Crippen LogP contribution is 2.48. The van der Waals surface area contributed by atoms with E-state index < -0.39 is 5.41 Å². The van der Waals surface area contributed by atoms with Gasteiger partial charge in [0.15, 0.2) is 0 Å². The number of carbonyl (C=O) groups is 1. The number of aryl methyl sites for hydroxylation is 1. The Kier molecular flexibility index (Phi) is 7.05. The fourth-order valence-corrected chi connectivity index (χ4v) is 4.84. The summed E-state index contributed by atoms with van der Waals surface area (Å²) in [5.41, 5.74) is 5.88. The first-order valence-electron chi connectivity index (χ1n) is 10.0. The molecule has 0 unspecified atom stereocenters.